The zero-order valence-electron chi connectivity index (χ0n) is 18.2. The average Bonchev–Trinajstić information content (AvgIpc) is 2.80. The number of benzene rings is 3. The van der Waals surface area contributed by atoms with Crippen molar-refractivity contribution in [3.63, 3.8) is 0 Å². The number of amides is 1. The number of phenolic OH excluding ortho intramolecular Hbond substituents is 1. The summed E-state index contributed by atoms with van der Waals surface area (Å²) in [7, 11) is -2.53. The average molecular weight is 468 g/mol. The lowest BCUT2D eigenvalue weighted by atomic mass is 10.1. The molecule has 0 aromatic heterocycles. The van der Waals surface area contributed by atoms with Gasteiger partial charge < -0.3 is 9.84 Å². The van der Waals surface area contributed by atoms with Crippen molar-refractivity contribution in [1.29, 1.82) is 0 Å². The van der Waals surface area contributed by atoms with Crippen molar-refractivity contribution in [1.82, 2.24) is 10.1 Å². The minimum Gasteiger partial charge on any atom is -0.504 e. The van der Waals surface area contributed by atoms with Crippen LogP contribution in [0.3, 0.4) is 0 Å². The summed E-state index contributed by atoms with van der Waals surface area (Å²) in [6, 6.07) is 19.1. The zero-order valence-corrected chi connectivity index (χ0v) is 19.0. The summed E-state index contributed by atoms with van der Waals surface area (Å²) in [5, 5.41) is 14.0. The molecule has 0 aliphatic rings. The quantitative estimate of drug-likeness (QED) is 0.330. The highest BCUT2D eigenvalue weighted by Gasteiger charge is 2.26. The molecule has 1 amide bonds. The Morgan fingerprint density at radius 3 is 2.42 bits per heavy atom. The van der Waals surface area contributed by atoms with E-state index < -0.39 is 22.0 Å². The van der Waals surface area contributed by atoms with Crippen LogP contribution in [0.5, 0.6) is 11.5 Å². The van der Waals surface area contributed by atoms with Crippen LogP contribution >= 0.6 is 0 Å². The van der Waals surface area contributed by atoms with Gasteiger partial charge in [0.05, 0.1) is 18.2 Å². The van der Waals surface area contributed by atoms with Gasteiger partial charge in [-0.05, 0) is 43.2 Å². The lowest BCUT2D eigenvalue weighted by Crippen LogP contribution is -2.46. The van der Waals surface area contributed by atoms with Crippen LogP contribution < -0.4 is 14.9 Å². The summed E-state index contributed by atoms with van der Waals surface area (Å²) in [5.74, 6) is -0.509. The van der Waals surface area contributed by atoms with Crippen molar-refractivity contribution in [2.45, 2.75) is 24.3 Å². The van der Waals surface area contributed by atoms with Crippen molar-refractivity contribution in [2.24, 2.45) is 5.10 Å². The number of methoxy groups -OCH3 is 1. The van der Waals surface area contributed by atoms with Crippen LogP contribution in [0, 0.1) is 6.92 Å². The zero-order chi connectivity index (χ0) is 23.8. The lowest BCUT2D eigenvalue weighted by molar-refractivity contribution is -0.122. The molecule has 8 nitrogen and oxygen atoms in total. The Labute approximate surface area is 193 Å². The minimum atomic E-state index is -3.95. The van der Waals surface area contributed by atoms with E-state index in [2.05, 4.69) is 15.2 Å². The predicted octanol–water partition coefficient (Wildman–Crippen LogP) is 2.75. The second kappa shape index (κ2) is 10.8. The van der Waals surface area contributed by atoms with Crippen LogP contribution in [0.2, 0.25) is 0 Å². The molecule has 1 atom stereocenters. The molecule has 0 aliphatic carbocycles. The molecule has 0 fully saturated rings. The highest BCUT2D eigenvalue weighted by atomic mass is 32.2. The van der Waals surface area contributed by atoms with E-state index in [-0.39, 0.29) is 22.8 Å². The van der Waals surface area contributed by atoms with Gasteiger partial charge in [0.15, 0.2) is 11.5 Å². The molecule has 172 valence electrons. The standard InChI is InChI=1S/C24H25N3O5S/c1-17-11-13-20(14-12-17)33(30,31)27-21(15-18-7-4-3-5-8-18)24(29)26-25-16-19-9-6-10-22(32-2)23(19)28/h3-14,16,21,27-28H,15H2,1-2H3,(H,26,29)/b25-16-/t21-/m0/s1. The Morgan fingerprint density at radius 2 is 1.76 bits per heavy atom. The fourth-order valence-electron chi connectivity index (χ4n) is 3.06. The maximum absolute atomic E-state index is 12.9. The van der Waals surface area contributed by atoms with E-state index in [1.807, 2.05) is 25.1 Å². The van der Waals surface area contributed by atoms with Crippen molar-refractivity contribution >= 4 is 22.1 Å². The molecule has 3 N–H and O–H groups in total. The van der Waals surface area contributed by atoms with Gasteiger partial charge in [0, 0.05) is 5.56 Å². The van der Waals surface area contributed by atoms with Gasteiger partial charge in [0.25, 0.3) is 5.91 Å². The summed E-state index contributed by atoms with van der Waals surface area (Å²) in [5.41, 5.74) is 4.37. The second-order valence-corrected chi connectivity index (χ2v) is 9.02. The maximum Gasteiger partial charge on any atom is 0.258 e. The normalized spacial score (nSPS) is 12.4. The molecule has 3 aromatic rings. The molecule has 3 aromatic carbocycles. The number of hydrogen-bond acceptors (Lipinski definition) is 6. The first kappa shape index (κ1) is 24.0. The van der Waals surface area contributed by atoms with E-state index in [1.165, 1.54) is 25.5 Å². The third-order valence-corrected chi connectivity index (χ3v) is 6.34. The van der Waals surface area contributed by atoms with Gasteiger partial charge in [-0.1, -0.05) is 54.1 Å². The number of sulfonamides is 1. The van der Waals surface area contributed by atoms with E-state index in [9.17, 15) is 18.3 Å². The number of rotatable bonds is 9. The molecule has 0 saturated heterocycles. The summed E-state index contributed by atoms with van der Waals surface area (Å²) in [6.45, 7) is 1.85. The highest BCUT2D eigenvalue weighted by Crippen LogP contribution is 2.27. The SMILES string of the molecule is COc1cccc(/C=N\NC(=O)[C@H](Cc2ccccc2)NS(=O)(=O)c2ccc(C)cc2)c1O. The van der Waals surface area contributed by atoms with Gasteiger partial charge in [-0.2, -0.15) is 9.82 Å². The molecule has 0 aliphatic heterocycles. The van der Waals surface area contributed by atoms with Crippen LogP contribution in [0.15, 0.2) is 82.8 Å². The monoisotopic (exact) mass is 467 g/mol. The fraction of sp³-hybridized carbons (Fsp3) is 0.167. The smallest absolute Gasteiger partial charge is 0.258 e. The third kappa shape index (κ3) is 6.41. The fourth-order valence-corrected chi connectivity index (χ4v) is 4.26. The summed E-state index contributed by atoms with van der Waals surface area (Å²) < 4.78 is 33.3. The lowest BCUT2D eigenvalue weighted by Gasteiger charge is -2.17. The van der Waals surface area contributed by atoms with Crippen molar-refractivity contribution < 1.29 is 23.1 Å². The number of aromatic hydroxyl groups is 1. The van der Waals surface area contributed by atoms with Crippen molar-refractivity contribution in [2.75, 3.05) is 7.11 Å². The van der Waals surface area contributed by atoms with Crippen LogP contribution in [0.1, 0.15) is 16.7 Å². The molecule has 0 unspecified atom stereocenters. The van der Waals surface area contributed by atoms with E-state index in [1.54, 1.807) is 42.5 Å². The molecule has 0 bridgehead atoms. The number of carbonyl (C=O) groups excluding carboxylic acids is 1. The number of carbonyl (C=O) groups is 1. The number of para-hydroxylation sites is 1. The van der Waals surface area contributed by atoms with E-state index >= 15 is 0 Å². The number of hydrogen-bond donors (Lipinski definition) is 3. The maximum atomic E-state index is 12.9. The Bertz CT molecular complexity index is 1230. The number of nitrogens with one attached hydrogen (secondary N) is 2. The van der Waals surface area contributed by atoms with Gasteiger partial charge in [-0.3, -0.25) is 4.79 Å². The molecule has 33 heavy (non-hydrogen) atoms. The van der Waals surface area contributed by atoms with Gasteiger partial charge in [0.2, 0.25) is 10.0 Å². The Morgan fingerprint density at radius 1 is 1.06 bits per heavy atom. The predicted molar refractivity (Wildman–Crippen MR) is 126 cm³/mol. The van der Waals surface area contributed by atoms with E-state index in [4.69, 9.17) is 4.74 Å². The largest absolute Gasteiger partial charge is 0.504 e. The van der Waals surface area contributed by atoms with Gasteiger partial charge in [-0.15, -0.1) is 0 Å². The minimum absolute atomic E-state index is 0.0590. The van der Waals surface area contributed by atoms with Crippen molar-refractivity contribution in [3.05, 3.63) is 89.5 Å². The van der Waals surface area contributed by atoms with Gasteiger partial charge in [0.1, 0.15) is 6.04 Å². The van der Waals surface area contributed by atoms with E-state index in [0.29, 0.717) is 5.56 Å². The van der Waals surface area contributed by atoms with E-state index in [0.717, 1.165) is 11.1 Å². The molecular weight excluding hydrogens is 442 g/mol. The second-order valence-electron chi connectivity index (χ2n) is 7.31. The summed E-state index contributed by atoms with van der Waals surface area (Å²) in [6.07, 6.45) is 1.38. The molecule has 0 spiro atoms. The first-order chi connectivity index (χ1) is 15.8. The Hall–Kier alpha value is -3.69. The molecule has 0 heterocycles. The first-order valence-corrected chi connectivity index (χ1v) is 11.6. The van der Waals surface area contributed by atoms with Crippen LogP contribution in [-0.2, 0) is 21.2 Å². The summed E-state index contributed by atoms with van der Waals surface area (Å²) in [4.78, 5) is 12.9. The molecule has 0 radical (unpaired) electrons. The Kier molecular flexibility index (Phi) is 7.81. The first-order valence-electron chi connectivity index (χ1n) is 10.1. The van der Waals surface area contributed by atoms with Gasteiger partial charge >= 0.3 is 0 Å². The third-order valence-electron chi connectivity index (χ3n) is 4.86. The molecule has 9 heteroatoms. The van der Waals surface area contributed by atoms with Crippen LogP contribution in [0.4, 0.5) is 0 Å². The number of ether oxygens (including phenoxy) is 1. The number of nitrogens with zero attached hydrogens (tertiary/aromatic N) is 1. The number of phenols is 1. The van der Waals surface area contributed by atoms with Crippen LogP contribution in [-0.4, -0.2) is 38.8 Å². The highest BCUT2D eigenvalue weighted by molar-refractivity contribution is 7.89. The molecule has 0 saturated carbocycles. The molecular formula is C24H25N3O5S. The number of hydrazone groups is 1. The Balaban J connectivity index is 1.80. The summed E-state index contributed by atoms with van der Waals surface area (Å²) >= 11 is 0. The molecule has 3 rings (SSSR count). The van der Waals surface area contributed by atoms with Gasteiger partial charge in [-0.25, -0.2) is 13.8 Å². The van der Waals surface area contributed by atoms with Crippen LogP contribution in [0.25, 0.3) is 0 Å². The van der Waals surface area contributed by atoms with Crippen molar-refractivity contribution in [3.8, 4) is 11.5 Å². The number of aryl methyl sites for hydroxylation is 1. The topological polar surface area (TPSA) is 117 Å².